The number of rotatable bonds is 4. The quantitative estimate of drug-likeness (QED) is 0.852. The van der Waals surface area contributed by atoms with Gasteiger partial charge in [-0.1, -0.05) is 11.6 Å². The minimum Gasteiger partial charge on any atom is -0.480 e. The fraction of sp³-hybridized carbons (Fsp3) is 0.125. The van der Waals surface area contributed by atoms with E-state index in [1.165, 1.54) is 12.1 Å². The number of aliphatic carboxylic acids is 1. The first-order valence-corrected chi connectivity index (χ1v) is 6.58. The molecule has 0 aromatic heterocycles. The van der Waals surface area contributed by atoms with E-state index in [0.29, 0.717) is 0 Å². The van der Waals surface area contributed by atoms with Crippen molar-refractivity contribution >= 4 is 37.3 Å². The summed E-state index contributed by atoms with van der Waals surface area (Å²) in [6, 6.07) is 3.69. The Labute approximate surface area is 101 Å². The lowest BCUT2D eigenvalue weighted by Gasteiger charge is -2.07. The normalized spacial score (nSPS) is 11.1. The lowest BCUT2D eigenvalue weighted by atomic mass is 10.3. The van der Waals surface area contributed by atoms with E-state index < -0.39 is 21.6 Å². The van der Waals surface area contributed by atoms with Crippen LogP contribution in [-0.4, -0.2) is 26.1 Å². The molecular weight excluding hydrogens is 279 g/mol. The highest BCUT2D eigenvalue weighted by molar-refractivity contribution is 8.13. The van der Waals surface area contributed by atoms with Gasteiger partial charge in [0, 0.05) is 15.7 Å². The van der Waals surface area contributed by atoms with E-state index in [1.54, 1.807) is 0 Å². The summed E-state index contributed by atoms with van der Waals surface area (Å²) < 4.78 is 27.0. The molecule has 1 rings (SSSR count). The second-order valence-electron chi connectivity index (χ2n) is 2.71. The van der Waals surface area contributed by atoms with Gasteiger partial charge < -0.3 is 9.84 Å². The van der Waals surface area contributed by atoms with Crippen LogP contribution in [-0.2, 0) is 13.8 Å². The maximum absolute atomic E-state index is 11.1. The Morgan fingerprint density at radius 2 is 2.06 bits per heavy atom. The number of carboxylic acid groups (broad SMARTS) is 1. The van der Waals surface area contributed by atoms with Crippen LogP contribution in [0.4, 0.5) is 0 Å². The van der Waals surface area contributed by atoms with Crippen LogP contribution in [0.25, 0.3) is 0 Å². The van der Waals surface area contributed by atoms with Gasteiger partial charge in [0.25, 0.3) is 9.05 Å². The van der Waals surface area contributed by atoms with Gasteiger partial charge in [0.05, 0.1) is 0 Å². The topological polar surface area (TPSA) is 80.7 Å². The Morgan fingerprint density at radius 3 is 2.56 bits per heavy atom. The highest BCUT2D eigenvalue weighted by atomic mass is 35.7. The van der Waals surface area contributed by atoms with Crippen molar-refractivity contribution in [2.45, 2.75) is 4.90 Å². The van der Waals surface area contributed by atoms with Gasteiger partial charge in [-0.15, -0.1) is 0 Å². The molecule has 0 atom stereocenters. The van der Waals surface area contributed by atoms with Crippen molar-refractivity contribution in [3.05, 3.63) is 23.2 Å². The van der Waals surface area contributed by atoms with E-state index in [4.69, 9.17) is 32.1 Å². The highest BCUT2D eigenvalue weighted by Gasteiger charge is 2.18. The third kappa shape index (κ3) is 3.55. The molecule has 0 radical (unpaired) electrons. The summed E-state index contributed by atoms with van der Waals surface area (Å²) >= 11 is 5.59. The first-order chi connectivity index (χ1) is 7.30. The predicted molar refractivity (Wildman–Crippen MR) is 57.6 cm³/mol. The van der Waals surface area contributed by atoms with Crippen molar-refractivity contribution in [1.29, 1.82) is 0 Å². The lowest BCUT2D eigenvalue weighted by molar-refractivity contribution is -0.139. The zero-order chi connectivity index (χ0) is 12.3. The average Bonchev–Trinajstić information content (AvgIpc) is 2.14. The molecule has 0 aliphatic rings. The first-order valence-electron chi connectivity index (χ1n) is 3.89. The molecule has 0 spiro atoms. The maximum atomic E-state index is 11.1. The molecule has 88 valence electrons. The van der Waals surface area contributed by atoms with Gasteiger partial charge in [-0.25, -0.2) is 13.2 Å². The van der Waals surface area contributed by atoms with Crippen molar-refractivity contribution in [3.8, 4) is 5.75 Å². The zero-order valence-electron chi connectivity index (χ0n) is 7.68. The van der Waals surface area contributed by atoms with Crippen LogP contribution in [0.15, 0.2) is 23.1 Å². The molecule has 0 bridgehead atoms. The predicted octanol–water partition coefficient (Wildman–Crippen LogP) is 1.73. The molecule has 0 saturated carbocycles. The number of hydrogen-bond acceptors (Lipinski definition) is 4. The van der Waals surface area contributed by atoms with Gasteiger partial charge in [-0.2, -0.15) is 0 Å². The van der Waals surface area contributed by atoms with Gasteiger partial charge in [0.2, 0.25) is 0 Å². The van der Waals surface area contributed by atoms with Crippen molar-refractivity contribution in [2.75, 3.05) is 6.61 Å². The molecule has 0 fully saturated rings. The van der Waals surface area contributed by atoms with Crippen LogP contribution in [0.1, 0.15) is 0 Å². The van der Waals surface area contributed by atoms with Crippen LogP contribution in [0.3, 0.4) is 0 Å². The van der Waals surface area contributed by atoms with Crippen LogP contribution in [0.2, 0.25) is 5.02 Å². The molecule has 0 saturated heterocycles. The van der Waals surface area contributed by atoms with Crippen LogP contribution >= 0.6 is 22.3 Å². The molecule has 1 aromatic carbocycles. The smallest absolute Gasteiger partial charge is 0.341 e. The standard InChI is InChI=1S/C8H6Cl2O5S/c9-5-1-2-6(15-4-8(11)12)7(3-5)16(10,13)14/h1-3H,4H2,(H,11,12). The Kier molecular flexibility index (Phi) is 4.01. The summed E-state index contributed by atoms with van der Waals surface area (Å²) in [7, 11) is 1.10. The Balaban J connectivity index is 3.13. The minimum atomic E-state index is -4.03. The molecule has 0 heterocycles. The van der Waals surface area contributed by atoms with E-state index >= 15 is 0 Å². The van der Waals surface area contributed by atoms with E-state index in [-0.39, 0.29) is 15.7 Å². The maximum Gasteiger partial charge on any atom is 0.341 e. The van der Waals surface area contributed by atoms with Gasteiger partial charge in [-0.3, -0.25) is 0 Å². The summed E-state index contributed by atoms with van der Waals surface area (Å²) in [5.74, 6) is -1.38. The number of carboxylic acids is 1. The van der Waals surface area contributed by atoms with E-state index in [0.717, 1.165) is 6.07 Å². The molecule has 0 amide bonds. The van der Waals surface area contributed by atoms with Crippen LogP contribution < -0.4 is 4.74 Å². The number of benzene rings is 1. The SMILES string of the molecule is O=C(O)COc1ccc(Cl)cc1S(=O)(=O)Cl. The molecule has 16 heavy (non-hydrogen) atoms. The molecule has 0 unspecified atom stereocenters. The van der Waals surface area contributed by atoms with Gasteiger partial charge >= 0.3 is 5.97 Å². The fourth-order valence-electron chi connectivity index (χ4n) is 0.931. The fourth-order valence-corrected chi connectivity index (χ4v) is 2.16. The van der Waals surface area contributed by atoms with Crippen LogP contribution in [0, 0.1) is 0 Å². The first kappa shape index (κ1) is 13.1. The molecule has 0 aliphatic heterocycles. The average molecular weight is 285 g/mol. The van der Waals surface area contributed by atoms with Crippen molar-refractivity contribution in [1.82, 2.24) is 0 Å². The number of carbonyl (C=O) groups is 1. The van der Waals surface area contributed by atoms with Crippen molar-refractivity contribution in [2.24, 2.45) is 0 Å². The molecule has 8 heteroatoms. The van der Waals surface area contributed by atoms with E-state index in [1.807, 2.05) is 0 Å². The Bertz CT molecular complexity index is 511. The summed E-state index contributed by atoms with van der Waals surface area (Å²) in [6.45, 7) is -0.666. The van der Waals surface area contributed by atoms with Gasteiger partial charge in [-0.05, 0) is 18.2 Å². The lowest BCUT2D eigenvalue weighted by Crippen LogP contribution is -2.11. The number of halogens is 2. The Morgan fingerprint density at radius 1 is 1.44 bits per heavy atom. The number of hydrogen-bond donors (Lipinski definition) is 1. The van der Waals surface area contributed by atoms with E-state index in [2.05, 4.69) is 0 Å². The third-order valence-corrected chi connectivity index (χ3v) is 3.10. The van der Waals surface area contributed by atoms with Gasteiger partial charge in [0.1, 0.15) is 10.6 Å². The third-order valence-electron chi connectivity index (χ3n) is 1.52. The van der Waals surface area contributed by atoms with Crippen molar-refractivity contribution < 1.29 is 23.1 Å². The summed E-state index contributed by atoms with van der Waals surface area (Å²) in [5, 5.41) is 8.54. The second-order valence-corrected chi connectivity index (χ2v) is 5.68. The zero-order valence-corrected chi connectivity index (χ0v) is 10.0. The molecular formula is C8H6Cl2O5S. The highest BCUT2D eigenvalue weighted by Crippen LogP contribution is 2.29. The van der Waals surface area contributed by atoms with E-state index in [9.17, 15) is 13.2 Å². The second kappa shape index (κ2) is 4.90. The minimum absolute atomic E-state index is 0.151. The monoisotopic (exact) mass is 284 g/mol. The van der Waals surface area contributed by atoms with Crippen molar-refractivity contribution in [3.63, 3.8) is 0 Å². The Hall–Kier alpha value is -0.980. The number of ether oxygens (including phenoxy) is 1. The van der Waals surface area contributed by atoms with Gasteiger partial charge in [0.15, 0.2) is 6.61 Å². The molecule has 5 nitrogen and oxygen atoms in total. The largest absolute Gasteiger partial charge is 0.480 e. The molecule has 1 N–H and O–H groups in total. The molecule has 1 aromatic rings. The summed E-state index contributed by atoms with van der Waals surface area (Å²) in [6.07, 6.45) is 0. The summed E-state index contributed by atoms with van der Waals surface area (Å²) in [4.78, 5) is 9.91. The van der Waals surface area contributed by atoms with Crippen LogP contribution in [0.5, 0.6) is 5.75 Å². The summed E-state index contributed by atoms with van der Waals surface area (Å²) in [5.41, 5.74) is 0. The molecule has 0 aliphatic carbocycles.